The van der Waals surface area contributed by atoms with Gasteiger partial charge in [0.25, 0.3) is 8.32 Å². The Kier molecular flexibility index (Phi) is 6.98. The summed E-state index contributed by atoms with van der Waals surface area (Å²) < 4.78 is 9.26. The number of hydrogen-bond donors (Lipinski definition) is 1. The van der Waals surface area contributed by atoms with Gasteiger partial charge >= 0.3 is 0 Å². The smallest absolute Gasteiger partial charge is 0.261 e. The van der Waals surface area contributed by atoms with E-state index < -0.39 is 8.32 Å². The van der Waals surface area contributed by atoms with Gasteiger partial charge in [-0.15, -0.1) is 0 Å². The highest BCUT2D eigenvalue weighted by molar-refractivity contribution is 6.99. The largest absolute Gasteiger partial charge is 0.407 e. The molecule has 5 rings (SSSR count). The van der Waals surface area contributed by atoms with Gasteiger partial charge in [0.15, 0.2) is 0 Å². The molecule has 0 saturated carbocycles. The third-order valence-electron chi connectivity index (χ3n) is 7.54. The maximum absolute atomic E-state index is 10.2. The molecule has 0 spiro atoms. The van der Waals surface area contributed by atoms with E-state index in [4.69, 9.17) is 9.52 Å². The summed E-state index contributed by atoms with van der Waals surface area (Å²) in [7, 11) is -2.62. The van der Waals surface area contributed by atoms with Crippen LogP contribution in [-0.4, -0.2) is 36.4 Å². The summed E-state index contributed by atoms with van der Waals surface area (Å²) in [6, 6.07) is 32.0. The van der Waals surface area contributed by atoms with Gasteiger partial charge in [-0.05, 0) is 33.0 Å². The van der Waals surface area contributed by atoms with E-state index >= 15 is 0 Å². The molecular weight excluding hydrogens is 460 g/mol. The lowest BCUT2D eigenvalue weighted by Gasteiger charge is -2.43. The van der Waals surface area contributed by atoms with Crippen LogP contribution in [0.25, 0.3) is 0 Å². The molecule has 1 aliphatic rings. The zero-order chi connectivity index (χ0) is 25.2. The zero-order valence-corrected chi connectivity index (χ0v) is 22.5. The fourth-order valence-electron chi connectivity index (χ4n) is 5.82. The molecule has 0 bridgehead atoms. The first kappa shape index (κ1) is 24.7. The fourth-order valence-corrected chi connectivity index (χ4v) is 10.4. The van der Waals surface area contributed by atoms with Crippen molar-refractivity contribution in [3.8, 4) is 0 Å². The maximum Gasteiger partial charge on any atom is 0.261 e. The first-order chi connectivity index (χ1) is 17.4. The Morgan fingerprint density at radius 2 is 1.42 bits per heavy atom. The Bertz CT molecular complexity index is 1230. The van der Waals surface area contributed by atoms with E-state index in [2.05, 4.69) is 112 Å². The maximum atomic E-state index is 10.2. The summed E-state index contributed by atoms with van der Waals surface area (Å²) in [6.45, 7) is 8.40. The number of hydrogen-bond acceptors (Lipinski definition) is 3. The van der Waals surface area contributed by atoms with Gasteiger partial charge in [0, 0.05) is 24.6 Å². The average Bonchev–Trinajstić information content (AvgIpc) is 3.44. The van der Waals surface area contributed by atoms with Gasteiger partial charge in [0.2, 0.25) is 0 Å². The molecule has 2 atom stereocenters. The van der Waals surface area contributed by atoms with Crippen LogP contribution < -0.4 is 10.4 Å². The van der Waals surface area contributed by atoms with E-state index in [1.807, 2.05) is 10.7 Å². The lowest BCUT2D eigenvalue weighted by Crippen LogP contribution is -2.66. The molecule has 4 aromatic rings. The molecule has 36 heavy (non-hydrogen) atoms. The van der Waals surface area contributed by atoms with Gasteiger partial charge in [-0.1, -0.05) is 112 Å². The Balaban J connectivity index is 1.48. The summed E-state index contributed by atoms with van der Waals surface area (Å²) in [5, 5.41) is 17.7. The number of aromatic nitrogens is 2. The van der Waals surface area contributed by atoms with Crippen molar-refractivity contribution in [3.63, 3.8) is 0 Å². The molecule has 0 aliphatic heterocycles. The molecule has 0 fully saturated rings. The summed E-state index contributed by atoms with van der Waals surface area (Å²) in [4.78, 5) is 0. The molecule has 0 unspecified atom stereocenters. The van der Waals surface area contributed by atoms with E-state index in [-0.39, 0.29) is 23.5 Å². The van der Waals surface area contributed by atoms with Gasteiger partial charge in [-0.25, -0.2) is 0 Å². The third kappa shape index (κ3) is 4.59. The predicted octanol–water partition coefficient (Wildman–Crippen LogP) is 5.07. The van der Waals surface area contributed by atoms with E-state index in [0.717, 1.165) is 18.7 Å². The number of rotatable bonds is 8. The van der Waals surface area contributed by atoms with Gasteiger partial charge in [-0.2, -0.15) is 5.10 Å². The lowest BCUT2D eigenvalue weighted by atomic mass is 10.0. The number of benzene rings is 3. The van der Waals surface area contributed by atoms with Gasteiger partial charge < -0.3 is 9.53 Å². The van der Waals surface area contributed by atoms with Crippen LogP contribution in [0.4, 0.5) is 0 Å². The highest BCUT2D eigenvalue weighted by Gasteiger charge is 2.51. The van der Waals surface area contributed by atoms with Crippen molar-refractivity contribution in [2.24, 2.45) is 0 Å². The summed E-state index contributed by atoms with van der Waals surface area (Å²) in [6.07, 6.45) is 3.00. The van der Waals surface area contributed by atoms with Crippen LogP contribution in [0.5, 0.6) is 0 Å². The van der Waals surface area contributed by atoms with Gasteiger partial charge in [0.1, 0.15) is 0 Å². The van der Waals surface area contributed by atoms with Crippen LogP contribution in [0, 0.1) is 0 Å². The predicted molar refractivity (Wildman–Crippen MR) is 149 cm³/mol. The highest BCUT2D eigenvalue weighted by atomic mass is 28.4. The molecule has 4 nitrogen and oxygen atoms in total. The van der Waals surface area contributed by atoms with Crippen molar-refractivity contribution in [2.45, 2.75) is 50.6 Å². The number of aliphatic hydroxyl groups excluding tert-OH is 1. The molecule has 5 heteroatoms. The Morgan fingerprint density at radius 1 is 0.861 bits per heavy atom. The Labute approximate surface area is 215 Å². The molecule has 0 amide bonds. The Hall–Kier alpha value is -2.99. The molecule has 0 radical (unpaired) electrons. The second-order valence-corrected chi connectivity index (χ2v) is 15.2. The van der Waals surface area contributed by atoms with Crippen LogP contribution >= 0.6 is 0 Å². The van der Waals surface area contributed by atoms with Gasteiger partial charge in [0.05, 0.1) is 18.8 Å². The summed E-state index contributed by atoms with van der Waals surface area (Å²) in [5.74, 6) is 0.271. The summed E-state index contributed by atoms with van der Waals surface area (Å²) >= 11 is 0. The van der Waals surface area contributed by atoms with Crippen molar-refractivity contribution >= 4 is 18.7 Å². The average molecular weight is 497 g/mol. The standard InChI is InChI=1S/C31H36N2O2Si/c1-31(2,3)36(27-15-9-5-10-16-27,28-17-11-6-12-18-28)35-23-26-19-25(22-34)29-21-33(32-30(26)29)20-24-13-7-4-8-14-24/h4-18,21,25-26,34H,19-20,22-23H2,1-3H3/t25-,26+/m0/s1. The molecule has 1 aromatic heterocycles. The summed E-state index contributed by atoms with van der Waals surface area (Å²) in [5.41, 5.74) is 3.48. The number of nitrogens with zero attached hydrogens (tertiary/aromatic N) is 2. The molecular formula is C31H36N2O2Si. The lowest BCUT2D eigenvalue weighted by molar-refractivity contribution is 0.235. The molecule has 1 heterocycles. The van der Waals surface area contributed by atoms with Crippen molar-refractivity contribution < 1.29 is 9.53 Å². The fraction of sp³-hybridized carbons (Fsp3) is 0.323. The van der Waals surface area contributed by atoms with Crippen molar-refractivity contribution in [2.75, 3.05) is 13.2 Å². The first-order valence-electron chi connectivity index (χ1n) is 12.9. The zero-order valence-electron chi connectivity index (χ0n) is 21.5. The molecule has 1 N–H and O–H groups in total. The monoisotopic (exact) mass is 496 g/mol. The van der Waals surface area contributed by atoms with Crippen molar-refractivity contribution in [3.05, 3.63) is 114 Å². The van der Waals surface area contributed by atoms with Crippen molar-refractivity contribution in [1.82, 2.24) is 9.78 Å². The highest BCUT2D eigenvalue weighted by Crippen LogP contribution is 2.43. The second kappa shape index (κ2) is 10.2. The van der Waals surface area contributed by atoms with Crippen LogP contribution in [0.15, 0.2) is 97.2 Å². The van der Waals surface area contributed by atoms with Crippen molar-refractivity contribution in [1.29, 1.82) is 0 Å². The number of aliphatic hydroxyl groups is 1. The normalized spacial score (nSPS) is 17.8. The molecule has 3 aromatic carbocycles. The Morgan fingerprint density at radius 3 is 1.94 bits per heavy atom. The van der Waals surface area contributed by atoms with E-state index in [1.165, 1.54) is 21.5 Å². The van der Waals surface area contributed by atoms with E-state index in [9.17, 15) is 5.11 Å². The minimum Gasteiger partial charge on any atom is -0.407 e. The quantitative estimate of drug-likeness (QED) is 0.347. The van der Waals surface area contributed by atoms with Crippen LogP contribution in [0.1, 0.15) is 55.8 Å². The van der Waals surface area contributed by atoms with E-state index in [1.54, 1.807) is 0 Å². The minimum atomic E-state index is -2.62. The second-order valence-electron chi connectivity index (χ2n) is 10.9. The SMILES string of the molecule is CC(C)(C)[Si](OC[C@H]1C[C@@H](CO)c2cn(Cc3ccccc3)nc21)(c1ccccc1)c1ccccc1. The van der Waals surface area contributed by atoms with Gasteiger partial charge in [-0.3, -0.25) is 4.68 Å². The molecule has 0 saturated heterocycles. The van der Waals surface area contributed by atoms with E-state index in [0.29, 0.717) is 6.61 Å². The third-order valence-corrected chi connectivity index (χ3v) is 12.5. The van der Waals surface area contributed by atoms with Crippen LogP contribution in [0.3, 0.4) is 0 Å². The topological polar surface area (TPSA) is 47.3 Å². The van der Waals surface area contributed by atoms with Crippen LogP contribution in [-0.2, 0) is 11.0 Å². The van der Waals surface area contributed by atoms with Crippen LogP contribution in [0.2, 0.25) is 5.04 Å². The number of fused-ring (bicyclic) bond motifs is 1. The first-order valence-corrected chi connectivity index (χ1v) is 14.8. The minimum absolute atomic E-state index is 0.0693. The molecule has 186 valence electrons. The molecule has 1 aliphatic carbocycles.